The number of nitroso groups, excluding NO2 is 1. The van der Waals surface area contributed by atoms with Crippen LogP contribution < -0.4 is 15.9 Å². The Morgan fingerprint density at radius 1 is 0.850 bits per heavy atom. The van der Waals surface area contributed by atoms with Crippen molar-refractivity contribution in [1.29, 1.82) is 0 Å². The fourth-order valence-corrected chi connectivity index (χ4v) is 7.12. The fourth-order valence-electron chi connectivity index (χ4n) is 4.81. The second-order valence-electron chi connectivity index (χ2n) is 9.87. The van der Waals surface area contributed by atoms with E-state index >= 15 is 0 Å². The third-order valence-electron chi connectivity index (χ3n) is 6.76. The zero-order valence-electron chi connectivity index (χ0n) is 23.5. The summed E-state index contributed by atoms with van der Waals surface area (Å²) in [4.78, 5) is 17.5. The van der Waals surface area contributed by atoms with E-state index in [0.717, 1.165) is 6.42 Å². The first kappa shape index (κ1) is 35.3. The van der Waals surface area contributed by atoms with Gasteiger partial charge in [0.05, 0.1) is 6.10 Å². The average molecular weight is 596 g/mol. The molecule has 3 atom stereocenters. The number of hydrogen-bond donors (Lipinski definition) is 0. The molecular formula is C34H39MnNO3P. The van der Waals surface area contributed by atoms with Gasteiger partial charge < -0.3 is 20.0 Å². The maximum Gasteiger partial charge on any atom is 3.00 e. The van der Waals surface area contributed by atoms with Gasteiger partial charge in [-0.3, -0.25) is 0 Å². The second-order valence-corrected chi connectivity index (χ2v) is 12.1. The van der Waals surface area contributed by atoms with E-state index in [0.29, 0.717) is 17.8 Å². The van der Waals surface area contributed by atoms with Crippen molar-refractivity contribution in [3.63, 3.8) is 0 Å². The molecule has 2 radical (unpaired) electrons. The Bertz CT molecular complexity index is 966. The molecule has 0 aromatic heterocycles. The number of nitrogens with zero attached hydrogens (tertiary/aromatic N) is 1. The van der Waals surface area contributed by atoms with Crippen LogP contribution in [0.15, 0.2) is 103 Å². The van der Waals surface area contributed by atoms with Gasteiger partial charge in [0.15, 0.2) is 0 Å². The summed E-state index contributed by atoms with van der Waals surface area (Å²) in [6, 6.07) is 32.3. The van der Waals surface area contributed by atoms with E-state index in [1.807, 2.05) is 31.4 Å². The minimum Gasteiger partial charge on any atom is -0.650 e. The van der Waals surface area contributed by atoms with E-state index in [9.17, 15) is 4.79 Å². The van der Waals surface area contributed by atoms with Crippen molar-refractivity contribution in [1.82, 2.24) is 0 Å². The number of carbonyl (C=O) groups excluding carboxylic acids is 1. The standard InChI is InChI=1S/C18H15P.C11H19O2.C5H5.Mn.NO/c1-4-10-16(11-5-1)19(17-12-6-2-7-13-17)18-14-8-3-9-15-18;1-8(2)10-5-4-9(3)6-11(10)13-7-12;1-2-4-5-3-1;;1-2/h1-15H;8-11H,4-6H2,1-3H3;1-5H;;/q;2*-1;+3;-1/t;9?,10-,11?;;;/m.0.../s1. The molecule has 40 heavy (non-hydrogen) atoms. The molecule has 0 amide bonds. The molecule has 1 saturated carbocycles. The molecule has 0 heterocycles. The van der Waals surface area contributed by atoms with E-state index < -0.39 is 7.92 Å². The molecular weight excluding hydrogens is 556 g/mol. The van der Waals surface area contributed by atoms with Crippen molar-refractivity contribution >= 4 is 30.3 Å². The first-order valence-corrected chi connectivity index (χ1v) is 14.8. The molecule has 6 heteroatoms. The summed E-state index contributed by atoms with van der Waals surface area (Å²) >= 11 is 0. The first-order valence-electron chi connectivity index (χ1n) is 13.4. The number of allylic oxidation sites excluding steroid dienone is 2. The summed E-state index contributed by atoms with van der Waals surface area (Å²) in [6.07, 6.45) is 13.6. The molecule has 4 nitrogen and oxygen atoms in total. The maximum atomic E-state index is 10.2. The Balaban J connectivity index is 0.000000330. The average Bonchev–Trinajstić information content (AvgIpc) is 3.57. The monoisotopic (exact) mass is 595 g/mol. The van der Waals surface area contributed by atoms with Crippen molar-refractivity contribution in [2.45, 2.75) is 46.1 Å². The van der Waals surface area contributed by atoms with Crippen LogP contribution in [-0.4, -0.2) is 12.6 Å². The van der Waals surface area contributed by atoms with Gasteiger partial charge in [0.2, 0.25) is 0 Å². The van der Waals surface area contributed by atoms with Crippen LogP contribution in [0.5, 0.6) is 0 Å². The SMILES string of the molecule is CC1CC[C@@H](C(C)C)C(O[C-]=O)C1.[CH]1[CH][CH-]C=C1.[Mn+3].[N-]=O.c1ccc(P(c2ccccc2)c2ccccc2)cc1. The molecule has 0 N–H and O–H groups in total. The summed E-state index contributed by atoms with van der Waals surface area (Å²) in [6.45, 7) is 8.21. The molecule has 5 rings (SSSR count). The van der Waals surface area contributed by atoms with Gasteiger partial charge in [-0.2, -0.15) is 0 Å². The summed E-state index contributed by atoms with van der Waals surface area (Å²) in [5.74, 6) is 1.83. The van der Waals surface area contributed by atoms with Gasteiger partial charge in [0.1, 0.15) is 0 Å². The fraction of sp³-hybridized carbons (Fsp3) is 0.294. The molecule has 210 valence electrons. The number of hydrogen-bond acceptors (Lipinski definition) is 3. The Morgan fingerprint density at radius 2 is 1.32 bits per heavy atom. The topological polar surface area (TPSA) is 65.7 Å². The Morgan fingerprint density at radius 3 is 1.65 bits per heavy atom. The van der Waals surface area contributed by atoms with Crippen molar-refractivity contribution in [2.75, 3.05) is 0 Å². The van der Waals surface area contributed by atoms with Crippen molar-refractivity contribution in [3.8, 4) is 0 Å². The van der Waals surface area contributed by atoms with Crippen LogP contribution in [-0.2, 0) is 26.6 Å². The Hall–Kier alpha value is -2.71. The van der Waals surface area contributed by atoms with Crippen LogP contribution in [0.25, 0.3) is 5.59 Å². The predicted octanol–water partition coefficient (Wildman–Crippen LogP) is 7.46. The molecule has 1 fully saturated rings. The zero-order valence-corrected chi connectivity index (χ0v) is 25.5. The van der Waals surface area contributed by atoms with Crippen LogP contribution in [0.1, 0.15) is 40.0 Å². The molecule has 2 aliphatic carbocycles. The summed E-state index contributed by atoms with van der Waals surface area (Å²) in [7, 11) is -0.446. The largest absolute Gasteiger partial charge is 3.00 e. The van der Waals surface area contributed by atoms with Gasteiger partial charge in [0.25, 0.3) is 0 Å². The van der Waals surface area contributed by atoms with Gasteiger partial charge in [-0.1, -0.05) is 125 Å². The molecule has 3 aromatic carbocycles. The van der Waals surface area contributed by atoms with E-state index in [4.69, 9.17) is 15.2 Å². The smallest absolute Gasteiger partial charge is 0.650 e. The van der Waals surface area contributed by atoms with Gasteiger partial charge in [-0.05, 0) is 54.4 Å². The minimum atomic E-state index is -0.446. The predicted molar refractivity (Wildman–Crippen MR) is 166 cm³/mol. The van der Waals surface area contributed by atoms with E-state index in [-0.39, 0.29) is 23.2 Å². The third kappa shape index (κ3) is 12.2. The normalized spacial score (nSPS) is 18.8. The van der Waals surface area contributed by atoms with Gasteiger partial charge >= 0.3 is 17.1 Å². The summed E-state index contributed by atoms with van der Waals surface area (Å²) < 4.78 is 5.02. The molecule has 0 saturated heterocycles. The minimum absolute atomic E-state index is 0. The Labute approximate surface area is 253 Å². The van der Waals surface area contributed by atoms with Crippen molar-refractivity contribution in [3.05, 3.63) is 133 Å². The van der Waals surface area contributed by atoms with Crippen LogP contribution in [0.3, 0.4) is 0 Å². The molecule has 2 unspecified atom stereocenters. The van der Waals surface area contributed by atoms with Gasteiger partial charge in [-0.15, -0.1) is 12.8 Å². The number of rotatable bonds is 6. The summed E-state index contributed by atoms with van der Waals surface area (Å²) in [5.41, 5.74) is 5.75. The summed E-state index contributed by atoms with van der Waals surface area (Å²) in [5, 5.41) is 4.19. The van der Waals surface area contributed by atoms with E-state index in [1.165, 1.54) is 28.8 Å². The maximum absolute atomic E-state index is 10.2. The van der Waals surface area contributed by atoms with Crippen LogP contribution >= 0.6 is 7.92 Å². The Kier molecular flexibility index (Phi) is 18.6. The molecule has 0 aliphatic heterocycles. The van der Waals surface area contributed by atoms with Crippen molar-refractivity contribution < 1.29 is 26.6 Å². The van der Waals surface area contributed by atoms with E-state index in [2.05, 4.69) is 112 Å². The second kappa shape index (κ2) is 21.1. The zero-order chi connectivity index (χ0) is 28.3. The third-order valence-corrected chi connectivity index (χ3v) is 9.20. The molecule has 2 aliphatic rings. The first-order chi connectivity index (χ1) is 19.1. The molecule has 0 bridgehead atoms. The van der Waals surface area contributed by atoms with Crippen molar-refractivity contribution in [2.24, 2.45) is 17.8 Å². The number of ether oxygens (including phenoxy) is 1. The van der Waals surface area contributed by atoms with E-state index in [1.54, 1.807) is 6.47 Å². The quantitative estimate of drug-likeness (QED) is 0.169. The van der Waals surface area contributed by atoms with Crippen LogP contribution in [0.4, 0.5) is 0 Å². The van der Waals surface area contributed by atoms with Crippen LogP contribution in [0.2, 0.25) is 0 Å². The van der Waals surface area contributed by atoms with Gasteiger partial charge in [0, 0.05) is 0 Å². The van der Waals surface area contributed by atoms with Gasteiger partial charge in [-0.25, -0.2) is 18.6 Å². The molecule has 0 spiro atoms. The van der Waals surface area contributed by atoms with Crippen LogP contribution in [0, 0.1) is 41.9 Å². The number of benzene rings is 3. The molecule has 3 aromatic rings.